The molecule has 1 amide bonds. The van der Waals surface area contributed by atoms with Crippen molar-refractivity contribution >= 4 is 23.5 Å². The van der Waals surface area contributed by atoms with Crippen molar-refractivity contribution in [2.75, 3.05) is 32.7 Å². The minimum atomic E-state index is -0.849. The maximum absolute atomic E-state index is 12.1. The number of furan rings is 1. The van der Waals surface area contributed by atoms with Gasteiger partial charge < -0.3 is 14.4 Å². The van der Waals surface area contributed by atoms with Crippen LogP contribution in [0.1, 0.15) is 17.0 Å². The summed E-state index contributed by atoms with van der Waals surface area (Å²) >= 11 is 5.65. The summed E-state index contributed by atoms with van der Waals surface area (Å²) in [6, 6.07) is 3.08. The van der Waals surface area contributed by atoms with Gasteiger partial charge >= 0.3 is 5.97 Å². The highest BCUT2D eigenvalue weighted by Gasteiger charge is 2.23. The molecule has 1 fully saturated rings. The van der Waals surface area contributed by atoms with Crippen molar-refractivity contribution in [2.45, 2.75) is 6.42 Å². The zero-order valence-electron chi connectivity index (χ0n) is 10.3. The normalized spacial score (nSPS) is 17.2. The summed E-state index contributed by atoms with van der Waals surface area (Å²) in [5.74, 6) is -0.835. The molecule has 2 rings (SSSR count). The zero-order chi connectivity index (χ0) is 13.8. The first-order chi connectivity index (χ1) is 9.06. The maximum atomic E-state index is 12.1. The van der Waals surface area contributed by atoms with E-state index in [0.29, 0.717) is 26.2 Å². The minimum Gasteiger partial charge on any atom is -0.480 e. The third kappa shape index (κ3) is 3.71. The topological polar surface area (TPSA) is 74.0 Å². The van der Waals surface area contributed by atoms with Gasteiger partial charge in [-0.3, -0.25) is 14.5 Å². The number of carboxylic acids is 1. The van der Waals surface area contributed by atoms with E-state index in [1.807, 2.05) is 4.90 Å². The van der Waals surface area contributed by atoms with Crippen molar-refractivity contribution in [1.82, 2.24) is 9.80 Å². The minimum absolute atomic E-state index is 0.00854. The summed E-state index contributed by atoms with van der Waals surface area (Å²) in [6.07, 6.45) is 0.744. The van der Waals surface area contributed by atoms with Gasteiger partial charge in [0.15, 0.2) is 11.0 Å². The molecule has 0 radical (unpaired) electrons. The van der Waals surface area contributed by atoms with Crippen LogP contribution < -0.4 is 0 Å². The van der Waals surface area contributed by atoms with Crippen LogP contribution in [-0.4, -0.2) is 59.5 Å². The fourth-order valence-corrected chi connectivity index (χ4v) is 2.25. The summed E-state index contributed by atoms with van der Waals surface area (Å²) in [5.41, 5.74) is 0. The van der Waals surface area contributed by atoms with Crippen molar-refractivity contribution in [3.8, 4) is 0 Å². The molecule has 1 aromatic rings. The first kappa shape index (κ1) is 13.9. The summed E-state index contributed by atoms with van der Waals surface area (Å²) in [7, 11) is 0. The summed E-state index contributed by atoms with van der Waals surface area (Å²) < 4.78 is 5.10. The van der Waals surface area contributed by atoms with Crippen LogP contribution in [0.2, 0.25) is 5.22 Å². The second kappa shape index (κ2) is 6.08. The number of nitrogens with zero attached hydrogens (tertiary/aromatic N) is 2. The van der Waals surface area contributed by atoms with E-state index in [-0.39, 0.29) is 23.4 Å². The van der Waals surface area contributed by atoms with E-state index in [4.69, 9.17) is 21.1 Å². The molecule has 1 aromatic heterocycles. The molecule has 6 nitrogen and oxygen atoms in total. The Morgan fingerprint density at radius 1 is 1.26 bits per heavy atom. The Labute approximate surface area is 115 Å². The molecule has 0 atom stereocenters. The number of amides is 1. The predicted molar refractivity (Wildman–Crippen MR) is 68.3 cm³/mol. The van der Waals surface area contributed by atoms with Crippen LogP contribution >= 0.6 is 11.6 Å². The highest BCUT2D eigenvalue weighted by Crippen LogP contribution is 2.16. The highest BCUT2D eigenvalue weighted by molar-refractivity contribution is 6.29. The van der Waals surface area contributed by atoms with Gasteiger partial charge in [0.1, 0.15) is 0 Å². The number of aliphatic carboxylic acids is 1. The van der Waals surface area contributed by atoms with Gasteiger partial charge in [0.2, 0.25) is 0 Å². The fraction of sp³-hybridized carbons (Fsp3) is 0.500. The lowest BCUT2D eigenvalue weighted by molar-refractivity contribution is -0.138. The number of carbonyl (C=O) groups is 2. The molecule has 104 valence electrons. The van der Waals surface area contributed by atoms with Crippen molar-refractivity contribution in [2.24, 2.45) is 0 Å². The Kier molecular flexibility index (Phi) is 4.44. The number of hydrogen-bond acceptors (Lipinski definition) is 4. The Balaban J connectivity index is 1.95. The largest absolute Gasteiger partial charge is 0.480 e. The molecular weight excluding hydrogens is 272 g/mol. The van der Waals surface area contributed by atoms with E-state index < -0.39 is 5.97 Å². The van der Waals surface area contributed by atoms with Crippen LogP contribution in [0.5, 0.6) is 0 Å². The average molecular weight is 287 g/mol. The third-order valence-corrected chi connectivity index (χ3v) is 3.22. The van der Waals surface area contributed by atoms with Crippen LogP contribution in [0.25, 0.3) is 0 Å². The zero-order valence-corrected chi connectivity index (χ0v) is 11.1. The molecule has 0 unspecified atom stereocenters. The molecule has 7 heteroatoms. The average Bonchev–Trinajstić information content (AvgIpc) is 2.65. The maximum Gasteiger partial charge on any atom is 0.317 e. The molecule has 1 aliphatic rings. The first-order valence-electron chi connectivity index (χ1n) is 6.05. The van der Waals surface area contributed by atoms with Gasteiger partial charge in [-0.2, -0.15) is 0 Å². The van der Waals surface area contributed by atoms with Crippen molar-refractivity contribution < 1.29 is 19.1 Å². The van der Waals surface area contributed by atoms with Crippen LogP contribution in [0.15, 0.2) is 16.5 Å². The van der Waals surface area contributed by atoms with Gasteiger partial charge in [-0.25, -0.2) is 0 Å². The number of carboxylic acid groups (broad SMARTS) is 1. The quantitative estimate of drug-likeness (QED) is 0.903. The van der Waals surface area contributed by atoms with E-state index in [9.17, 15) is 9.59 Å². The van der Waals surface area contributed by atoms with Crippen LogP contribution in [0, 0.1) is 0 Å². The number of halogens is 1. The first-order valence-corrected chi connectivity index (χ1v) is 6.43. The molecule has 0 aromatic carbocycles. The molecular formula is C12H15ClN2O4. The second-order valence-corrected chi connectivity index (χ2v) is 4.79. The van der Waals surface area contributed by atoms with Crippen LogP contribution in [-0.2, 0) is 4.79 Å². The van der Waals surface area contributed by atoms with Gasteiger partial charge in [0.25, 0.3) is 5.91 Å². The van der Waals surface area contributed by atoms with Gasteiger partial charge in [-0.05, 0) is 30.2 Å². The van der Waals surface area contributed by atoms with Gasteiger partial charge in [-0.1, -0.05) is 0 Å². The van der Waals surface area contributed by atoms with Gasteiger partial charge in [-0.15, -0.1) is 0 Å². The van der Waals surface area contributed by atoms with Gasteiger partial charge in [0.05, 0.1) is 6.54 Å². The Hall–Kier alpha value is -1.53. The molecule has 19 heavy (non-hydrogen) atoms. The standard InChI is InChI=1S/C12H15ClN2O4/c13-10-3-2-9(19-10)12(18)15-5-1-4-14(6-7-15)8-11(16)17/h2-3H,1,4-8H2,(H,16,17). The number of rotatable bonds is 3. The molecule has 1 saturated heterocycles. The van der Waals surface area contributed by atoms with E-state index in [2.05, 4.69) is 0 Å². The second-order valence-electron chi connectivity index (χ2n) is 4.42. The lowest BCUT2D eigenvalue weighted by Crippen LogP contribution is -2.36. The predicted octanol–water partition coefficient (Wildman–Crippen LogP) is 1.17. The molecule has 0 saturated carbocycles. The lowest BCUT2D eigenvalue weighted by Gasteiger charge is -2.20. The van der Waals surface area contributed by atoms with Crippen molar-refractivity contribution in [3.05, 3.63) is 23.1 Å². The SMILES string of the molecule is O=C(O)CN1CCCN(C(=O)c2ccc(Cl)o2)CC1. The molecule has 1 aliphatic heterocycles. The van der Waals surface area contributed by atoms with Crippen molar-refractivity contribution in [3.63, 3.8) is 0 Å². The van der Waals surface area contributed by atoms with E-state index in [0.717, 1.165) is 6.42 Å². The fourth-order valence-electron chi connectivity index (χ4n) is 2.11. The monoisotopic (exact) mass is 286 g/mol. The molecule has 1 N–H and O–H groups in total. The number of carbonyl (C=O) groups excluding carboxylic acids is 1. The van der Waals surface area contributed by atoms with Gasteiger partial charge in [0, 0.05) is 26.2 Å². The van der Waals surface area contributed by atoms with E-state index in [1.54, 1.807) is 11.0 Å². The van der Waals surface area contributed by atoms with E-state index in [1.165, 1.54) is 6.07 Å². The Morgan fingerprint density at radius 3 is 2.68 bits per heavy atom. The third-order valence-electron chi connectivity index (χ3n) is 3.02. The molecule has 2 heterocycles. The van der Waals surface area contributed by atoms with Crippen LogP contribution in [0.4, 0.5) is 0 Å². The summed E-state index contributed by atoms with van der Waals surface area (Å²) in [4.78, 5) is 26.3. The molecule has 0 spiro atoms. The molecule has 0 aliphatic carbocycles. The van der Waals surface area contributed by atoms with Crippen LogP contribution in [0.3, 0.4) is 0 Å². The number of hydrogen-bond donors (Lipinski definition) is 1. The molecule has 0 bridgehead atoms. The highest BCUT2D eigenvalue weighted by atomic mass is 35.5. The summed E-state index contributed by atoms with van der Waals surface area (Å²) in [5, 5.41) is 8.95. The van der Waals surface area contributed by atoms with E-state index >= 15 is 0 Å². The Morgan fingerprint density at radius 2 is 2.05 bits per heavy atom. The Bertz CT molecular complexity index is 474. The smallest absolute Gasteiger partial charge is 0.317 e. The summed E-state index contributed by atoms with van der Waals surface area (Å²) in [6.45, 7) is 2.31. The lowest BCUT2D eigenvalue weighted by atomic mass is 10.3. The van der Waals surface area contributed by atoms with Crippen molar-refractivity contribution in [1.29, 1.82) is 0 Å².